The quantitative estimate of drug-likeness (QED) is 0.778. The van der Waals surface area contributed by atoms with Gasteiger partial charge in [-0.25, -0.2) is 4.98 Å². The van der Waals surface area contributed by atoms with E-state index in [0.29, 0.717) is 29.0 Å². The predicted molar refractivity (Wildman–Crippen MR) is 105 cm³/mol. The number of amides is 2. The van der Waals surface area contributed by atoms with E-state index >= 15 is 0 Å². The molecule has 1 aliphatic heterocycles. The van der Waals surface area contributed by atoms with Crippen LogP contribution in [-0.4, -0.2) is 28.9 Å². The van der Waals surface area contributed by atoms with Crippen LogP contribution in [0.5, 0.6) is 0 Å². The van der Waals surface area contributed by atoms with Crippen molar-refractivity contribution in [3.8, 4) is 0 Å². The van der Waals surface area contributed by atoms with Crippen molar-refractivity contribution in [3.05, 3.63) is 54.2 Å². The molecule has 0 bridgehead atoms. The van der Waals surface area contributed by atoms with Crippen LogP contribution in [0.4, 0.5) is 11.5 Å². The Bertz CT molecular complexity index is 793. The van der Waals surface area contributed by atoms with Gasteiger partial charge in [0.25, 0.3) is 5.91 Å². The first-order valence-corrected chi connectivity index (χ1v) is 9.58. The molecule has 4 rings (SSSR count). The van der Waals surface area contributed by atoms with E-state index in [9.17, 15) is 9.59 Å². The number of pyridine rings is 1. The maximum atomic E-state index is 12.5. The molecule has 6 heteroatoms. The van der Waals surface area contributed by atoms with Gasteiger partial charge in [0.1, 0.15) is 5.82 Å². The van der Waals surface area contributed by atoms with Gasteiger partial charge in [-0.15, -0.1) is 0 Å². The molecule has 1 aromatic heterocycles. The summed E-state index contributed by atoms with van der Waals surface area (Å²) in [5, 5.41) is 9.16. The average molecular weight is 364 g/mol. The summed E-state index contributed by atoms with van der Waals surface area (Å²) in [5.41, 5.74) is 1.21. The maximum Gasteiger partial charge on any atom is 0.256 e. The van der Waals surface area contributed by atoms with Gasteiger partial charge >= 0.3 is 0 Å². The van der Waals surface area contributed by atoms with Crippen LogP contribution in [0.3, 0.4) is 0 Å². The smallest absolute Gasteiger partial charge is 0.256 e. The molecule has 1 aromatic carbocycles. The molecular formula is C21H24N4O2. The van der Waals surface area contributed by atoms with Gasteiger partial charge in [-0.1, -0.05) is 31.0 Å². The van der Waals surface area contributed by atoms with E-state index in [0.717, 1.165) is 6.42 Å². The Morgan fingerprint density at radius 3 is 2.56 bits per heavy atom. The maximum absolute atomic E-state index is 12.5. The minimum atomic E-state index is -0.211. The standard InChI is InChI=1S/C21H24N4O2/c26-20(14-6-2-1-3-7-14)25-19-11-10-16(13-22-19)23-21(27)18-12-15-8-4-5-9-17(15)24-18/h1-3,6-7,10-11,13,15,17-18,24H,4-5,8-9,12H2,(H,23,27)(H,22,25,26). The lowest BCUT2D eigenvalue weighted by molar-refractivity contribution is -0.117. The zero-order chi connectivity index (χ0) is 18.6. The van der Waals surface area contributed by atoms with Crippen molar-refractivity contribution in [1.29, 1.82) is 0 Å². The molecule has 3 N–H and O–H groups in total. The van der Waals surface area contributed by atoms with E-state index in [1.165, 1.54) is 25.7 Å². The Morgan fingerprint density at radius 2 is 1.81 bits per heavy atom. The summed E-state index contributed by atoms with van der Waals surface area (Å²) in [4.78, 5) is 28.9. The molecule has 1 saturated carbocycles. The number of hydrogen-bond donors (Lipinski definition) is 3. The van der Waals surface area contributed by atoms with Crippen molar-refractivity contribution in [3.63, 3.8) is 0 Å². The largest absolute Gasteiger partial charge is 0.323 e. The highest BCUT2D eigenvalue weighted by Gasteiger charge is 2.38. The van der Waals surface area contributed by atoms with Crippen LogP contribution in [0.1, 0.15) is 42.5 Å². The third-order valence-corrected chi connectivity index (χ3v) is 5.49. The lowest BCUT2D eigenvalue weighted by Gasteiger charge is -2.24. The summed E-state index contributed by atoms with van der Waals surface area (Å²) in [7, 11) is 0. The number of aromatic nitrogens is 1. The van der Waals surface area contributed by atoms with Crippen molar-refractivity contribution in [2.75, 3.05) is 10.6 Å². The van der Waals surface area contributed by atoms with Crippen molar-refractivity contribution < 1.29 is 9.59 Å². The molecule has 140 valence electrons. The van der Waals surface area contributed by atoms with Crippen LogP contribution in [0.2, 0.25) is 0 Å². The minimum Gasteiger partial charge on any atom is -0.323 e. The van der Waals surface area contributed by atoms with Crippen LogP contribution in [0.25, 0.3) is 0 Å². The average Bonchev–Trinajstić information content (AvgIpc) is 3.14. The SMILES string of the molecule is O=C(Nc1ccc(NC(=O)C2CC3CCCCC3N2)cn1)c1ccccc1. The molecule has 2 aromatic rings. The highest BCUT2D eigenvalue weighted by molar-refractivity contribution is 6.03. The van der Waals surface area contributed by atoms with Crippen molar-refractivity contribution in [2.45, 2.75) is 44.2 Å². The Balaban J connectivity index is 1.32. The van der Waals surface area contributed by atoms with Crippen LogP contribution in [0.15, 0.2) is 48.7 Å². The molecule has 1 aliphatic carbocycles. The second-order valence-corrected chi connectivity index (χ2v) is 7.35. The number of rotatable bonds is 4. The topological polar surface area (TPSA) is 83.1 Å². The predicted octanol–water partition coefficient (Wildman–Crippen LogP) is 3.19. The molecule has 2 heterocycles. The minimum absolute atomic E-state index is 0.00716. The van der Waals surface area contributed by atoms with Gasteiger partial charge in [0, 0.05) is 11.6 Å². The third-order valence-electron chi connectivity index (χ3n) is 5.49. The summed E-state index contributed by atoms with van der Waals surface area (Å²) in [6.45, 7) is 0. The second kappa shape index (κ2) is 7.88. The van der Waals surface area contributed by atoms with E-state index in [2.05, 4.69) is 20.9 Å². The summed E-state index contributed by atoms with van der Waals surface area (Å²) in [5.74, 6) is 0.861. The van der Waals surface area contributed by atoms with Crippen molar-refractivity contribution in [2.24, 2.45) is 5.92 Å². The highest BCUT2D eigenvalue weighted by Crippen LogP contribution is 2.33. The molecule has 27 heavy (non-hydrogen) atoms. The van der Waals surface area contributed by atoms with E-state index in [1.807, 2.05) is 18.2 Å². The highest BCUT2D eigenvalue weighted by atomic mass is 16.2. The molecular weight excluding hydrogens is 340 g/mol. The zero-order valence-corrected chi connectivity index (χ0v) is 15.2. The fourth-order valence-corrected chi connectivity index (χ4v) is 4.07. The van der Waals surface area contributed by atoms with Crippen LogP contribution >= 0.6 is 0 Å². The molecule has 2 amide bonds. The summed E-state index contributed by atoms with van der Waals surface area (Å²) in [6, 6.07) is 12.8. The zero-order valence-electron chi connectivity index (χ0n) is 15.2. The summed E-state index contributed by atoms with van der Waals surface area (Å²) < 4.78 is 0. The van der Waals surface area contributed by atoms with E-state index in [-0.39, 0.29) is 17.9 Å². The van der Waals surface area contributed by atoms with Gasteiger partial charge in [0.15, 0.2) is 0 Å². The number of fused-ring (bicyclic) bond motifs is 1. The third kappa shape index (κ3) is 4.17. The van der Waals surface area contributed by atoms with Gasteiger partial charge in [-0.2, -0.15) is 0 Å². The van der Waals surface area contributed by atoms with E-state index in [1.54, 1.807) is 30.5 Å². The van der Waals surface area contributed by atoms with Gasteiger partial charge in [0.2, 0.25) is 5.91 Å². The number of benzene rings is 1. The van der Waals surface area contributed by atoms with Crippen LogP contribution < -0.4 is 16.0 Å². The van der Waals surface area contributed by atoms with E-state index < -0.39 is 0 Å². The van der Waals surface area contributed by atoms with Crippen molar-refractivity contribution in [1.82, 2.24) is 10.3 Å². The fourth-order valence-electron chi connectivity index (χ4n) is 4.07. The van der Waals surface area contributed by atoms with Crippen LogP contribution in [0, 0.1) is 5.92 Å². The van der Waals surface area contributed by atoms with Gasteiger partial charge in [-0.05, 0) is 49.4 Å². The van der Waals surface area contributed by atoms with Gasteiger partial charge < -0.3 is 16.0 Å². The van der Waals surface area contributed by atoms with Gasteiger partial charge in [0.05, 0.1) is 17.9 Å². The number of nitrogens with one attached hydrogen (secondary N) is 3. The molecule has 3 unspecified atom stereocenters. The lowest BCUT2D eigenvalue weighted by atomic mass is 9.85. The molecule has 2 aliphatic rings. The fraction of sp³-hybridized carbons (Fsp3) is 0.381. The molecule has 3 atom stereocenters. The Kier molecular flexibility index (Phi) is 5.16. The lowest BCUT2D eigenvalue weighted by Crippen LogP contribution is -2.39. The Hall–Kier alpha value is -2.73. The first-order valence-electron chi connectivity index (χ1n) is 9.58. The molecule has 0 radical (unpaired) electrons. The molecule has 6 nitrogen and oxygen atoms in total. The molecule has 0 spiro atoms. The van der Waals surface area contributed by atoms with Crippen molar-refractivity contribution >= 4 is 23.3 Å². The number of anilines is 2. The Labute approximate surface area is 158 Å². The van der Waals surface area contributed by atoms with Crippen LogP contribution in [-0.2, 0) is 4.79 Å². The normalized spacial score (nSPS) is 24.1. The Morgan fingerprint density at radius 1 is 1.00 bits per heavy atom. The second-order valence-electron chi connectivity index (χ2n) is 7.35. The number of carbonyl (C=O) groups is 2. The molecule has 2 fully saturated rings. The number of carbonyl (C=O) groups excluding carboxylic acids is 2. The number of nitrogens with zero attached hydrogens (tertiary/aromatic N) is 1. The monoisotopic (exact) mass is 364 g/mol. The first kappa shape index (κ1) is 17.7. The summed E-state index contributed by atoms with van der Waals surface area (Å²) >= 11 is 0. The molecule has 1 saturated heterocycles. The van der Waals surface area contributed by atoms with E-state index in [4.69, 9.17) is 0 Å². The van der Waals surface area contributed by atoms with Gasteiger partial charge in [-0.3, -0.25) is 9.59 Å². The summed E-state index contributed by atoms with van der Waals surface area (Å²) in [6.07, 6.45) is 7.40. The first-order chi connectivity index (χ1) is 13.2. The number of hydrogen-bond acceptors (Lipinski definition) is 4.